The number of H-pyrrole nitrogens is 1. The topological polar surface area (TPSA) is 154 Å². The number of alkyl carbamates (subject to hydrolysis) is 1. The lowest BCUT2D eigenvalue weighted by molar-refractivity contribution is -0.137. The van der Waals surface area contributed by atoms with Gasteiger partial charge in [0.05, 0.1) is 25.0 Å². The van der Waals surface area contributed by atoms with Gasteiger partial charge in [-0.2, -0.15) is 0 Å². The number of aromatic amines is 1. The monoisotopic (exact) mass is 682 g/mol. The van der Waals surface area contributed by atoms with Crippen LogP contribution in [0, 0.1) is 17.8 Å². The minimum absolute atomic E-state index is 0.0147. The van der Waals surface area contributed by atoms with E-state index in [0.29, 0.717) is 24.8 Å². The van der Waals surface area contributed by atoms with Crippen molar-refractivity contribution in [3.63, 3.8) is 0 Å². The third-order valence-corrected chi connectivity index (χ3v) is 9.73. The Balaban J connectivity index is 1.21. The van der Waals surface area contributed by atoms with Crippen LogP contribution < -0.4 is 16.0 Å². The van der Waals surface area contributed by atoms with Crippen LogP contribution in [0.4, 0.5) is 10.7 Å². The van der Waals surface area contributed by atoms with Gasteiger partial charge in [0.1, 0.15) is 11.9 Å². The Hall–Kier alpha value is -5.00. The number of amides is 3. The fourth-order valence-electron chi connectivity index (χ4n) is 6.20. The Morgan fingerprint density at radius 2 is 1.58 bits per heavy atom. The Morgan fingerprint density at radius 3 is 2.22 bits per heavy atom. The number of ether oxygens (including phenoxy) is 1. The molecule has 12 heteroatoms. The summed E-state index contributed by atoms with van der Waals surface area (Å²) in [5.41, 5.74) is 3.85. The van der Waals surface area contributed by atoms with Gasteiger partial charge in [-0.25, -0.2) is 19.7 Å². The molecule has 0 saturated carbocycles. The summed E-state index contributed by atoms with van der Waals surface area (Å²) in [6.45, 7) is 13.1. The summed E-state index contributed by atoms with van der Waals surface area (Å²) in [6.07, 6.45) is 7.37. The van der Waals surface area contributed by atoms with Crippen LogP contribution in [0.3, 0.4) is 0 Å². The van der Waals surface area contributed by atoms with Crippen LogP contribution in [0.5, 0.6) is 0 Å². The van der Waals surface area contributed by atoms with Crippen LogP contribution >= 0.6 is 0 Å². The third kappa shape index (κ3) is 8.40. The maximum Gasteiger partial charge on any atom is 0.407 e. The van der Waals surface area contributed by atoms with Crippen LogP contribution in [0.1, 0.15) is 72.7 Å². The number of nitrogens with zero attached hydrogens (tertiary/aromatic N) is 4. The van der Waals surface area contributed by atoms with E-state index < -0.39 is 12.1 Å². The molecule has 1 saturated heterocycles. The van der Waals surface area contributed by atoms with Crippen molar-refractivity contribution < 1.29 is 19.1 Å². The number of rotatable bonds is 13. The van der Waals surface area contributed by atoms with Gasteiger partial charge in [0, 0.05) is 48.6 Å². The molecule has 12 nitrogen and oxygen atoms in total. The standard InChI is InChI=1S/C38H50N8O4/c1-8-30(43-35(47)33(23(4)5)45-38(49)50-7)20-42-37-40-18-29(19-41-37)27-12-11-26-17-28(14-13-25(26)16-27)31-21-39-34(44-31)32-10-9-15-46(32)36(48)24(6)22(2)3/h11-14,16-19,21-24,30,32-33H,8-10,15,20H2,1-7H3,(H,39,44)(H,43,47)(H,45,49)(H,40,41,42)/t24-,30?,32-,33-/m0/s1. The van der Waals surface area contributed by atoms with E-state index in [9.17, 15) is 14.4 Å². The molecule has 4 N–H and O–H groups in total. The van der Waals surface area contributed by atoms with Gasteiger partial charge in [-0.15, -0.1) is 0 Å². The van der Waals surface area contributed by atoms with Crippen LogP contribution in [0.15, 0.2) is 55.0 Å². The summed E-state index contributed by atoms with van der Waals surface area (Å²) < 4.78 is 4.66. The van der Waals surface area contributed by atoms with Crippen LogP contribution in [-0.2, 0) is 14.3 Å². The molecule has 1 fully saturated rings. The first-order valence-electron chi connectivity index (χ1n) is 17.6. The minimum atomic E-state index is -0.705. The van der Waals surface area contributed by atoms with E-state index in [1.165, 1.54) is 7.11 Å². The van der Waals surface area contributed by atoms with E-state index in [2.05, 4.69) is 85.9 Å². The molecular weight excluding hydrogens is 632 g/mol. The first-order valence-corrected chi connectivity index (χ1v) is 17.6. The van der Waals surface area contributed by atoms with Crippen molar-refractivity contribution >= 4 is 34.6 Å². The first kappa shape index (κ1) is 36.3. The quantitative estimate of drug-likeness (QED) is 0.128. The fourth-order valence-corrected chi connectivity index (χ4v) is 6.20. The molecule has 2 aromatic heterocycles. The van der Waals surface area contributed by atoms with Crippen molar-refractivity contribution in [1.29, 1.82) is 0 Å². The molecule has 3 heterocycles. The zero-order valence-electron chi connectivity index (χ0n) is 30.1. The van der Waals surface area contributed by atoms with Crippen LogP contribution in [-0.4, -0.2) is 75.0 Å². The van der Waals surface area contributed by atoms with Gasteiger partial charge in [0.2, 0.25) is 17.8 Å². The van der Waals surface area contributed by atoms with Crippen molar-refractivity contribution in [2.24, 2.45) is 17.8 Å². The first-order chi connectivity index (χ1) is 24.0. The Kier molecular flexibility index (Phi) is 11.7. The minimum Gasteiger partial charge on any atom is -0.453 e. The van der Waals surface area contributed by atoms with E-state index in [1.54, 1.807) is 12.4 Å². The van der Waals surface area contributed by atoms with Crippen molar-refractivity contribution in [2.45, 2.75) is 78.9 Å². The van der Waals surface area contributed by atoms with Gasteiger partial charge in [0.15, 0.2) is 0 Å². The maximum absolute atomic E-state index is 13.2. The molecule has 0 bridgehead atoms. The number of carbonyl (C=O) groups excluding carboxylic acids is 3. The Bertz CT molecular complexity index is 1790. The van der Waals surface area contributed by atoms with E-state index in [0.717, 1.165) is 58.4 Å². The highest BCUT2D eigenvalue weighted by molar-refractivity contribution is 5.90. The number of benzene rings is 2. The number of methoxy groups -OCH3 is 1. The van der Waals surface area contributed by atoms with E-state index in [1.807, 2.05) is 38.8 Å². The molecule has 3 amide bonds. The molecule has 5 rings (SSSR count). The highest BCUT2D eigenvalue weighted by Crippen LogP contribution is 2.34. The predicted molar refractivity (Wildman–Crippen MR) is 195 cm³/mol. The summed E-state index contributed by atoms with van der Waals surface area (Å²) in [6, 6.07) is 11.7. The van der Waals surface area contributed by atoms with E-state index >= 15 is 0 Å². The number of carbonyl (C=O) groups is 3. The molecule has 1 aliphatic heterocycles. The molecule has 0 spiro atoms. The molecule has 266 valence electrons. The van der Waals surface area contributed by atoms with Crippen molar-refractivity contribution in [3.8, 4) is 22.4 Å². The molecule has 4 atom stereocenters. The van der Waals surface area contributed by atoms with E-state index in [4.69, 9.17) is 4.98 Å². The molecular formula is C38H50N8O4. The van der Waals surface area contributed by atoms with Gasteiger partial charge in [-0.05, 0) is 59.6 Å². The van der Waals surface area contributed by atoms with Gasteiger partial charge >= 0.3 is 6.09 Å². The number of hydrogen-bond acceptors (Lipinski definition) is 8. The largest absolute Gasteiger partial charge is 0.453 e. The Morgan fingerprint density at radius 1 is 0.900 bits per heavy atom. The predicted octanol–water partition coefficient (Wildman–Crippen LogP) is 6.33. The highest BCUT2D eigenvalue weighted by Gasteiger charge is 2.35. The number of imidazole rings is 1. The summed E-state index contributed by atoms with van der Waals surface area (Å²) in [4.78, 5) is 57.0. The zero-order chi connectivity index (χ0) is 35.9. The van der Waals surface area contributed by atoms with Crippen molar-refractivity contribution in [1.82, 2.24) is 35.5 Å². The fraction of sp³-hybridized carbons (Fsp3) is 0.474. The molecule has 4 aromatic rings. The number of aromatic nitrogens is 4. The molecule has 1 unspecified atom stereocenters. The molecule has 0 radical (unpaired) electrons. The Labute approximate surface area is 294 Å². The van der Waals surface area contributed by atoms with Crippen LogP contribution in [0.25, 0.3) is 33.2 Å². The van der Waals surface area contributed by atoms with Gasteiger partial charge in [-0.3, -0.25) is 9.59 Å². The number of hydrogen-bond donors (Lipinski definition) is 4. The molecule has 50 heavy (non-hydrogen) atoms. The van der Waals surface area contributed by atoms with Gasteiger partial charge in [-0.1, -0.05) is 65.8 Å². The second-order valence-corrected chi connectivity index (χ2v) is 13.8. The number of nitrogens with one attached hydrogen (secondary N) is 4. The summed E-state index contributed by atoms with van der Waals surface area (Å²) >= 11 is 0. The summed E-state index contributed by atoms with van der Waals surface area (Å²) in [5.74, 6) is 1.41. The molecule has 2 aromatic carbocycles. The van der Waals surface area contributed by atoms with Gasteiger partial charge < -0.3 is 30.6 Å². The van der Waals surface area contributed by atoms with Gasteiger partial charge in [0.25, 0.3) is 0 Å². The van der Waals surface area contributed by atoms with E-state index in [-0.39, 0.29) is 35.7 Å². The maximum atomic E-state index is 13.2. The SMILES string of the molecule is CCC(CNc1ncc(-c2ccc3cc(-c4cnc([C@@H]5CCCN5C(=O)[C@@H](C)C(C)C)[nH]4)ccc3c2)cn1)NC(=O)[C@@H](NC(=O)OC)C(C)C. The lowest BCUT2D eigenvalue weighted by atomic mass is 9.96. The average Bonchev–Trinajstić information content (AvgIpc) is 3.81. The van der Waals surface area contributed by atoms with Crippen LogP contribution in [0.2, 0.25) is 0 Å². The summed E-state index contributed by atoms with van der Waals surface area (Å²) in [5, 5.41) is 11.0. The molecule has 0 aliphatic carbocycles. The number of likely N-dealkylation sites (tertiary alicyclic amines) is 1. The van der Waals surface area contributed by atoms with Crippen molar-refractivity contribution in [2.75, 3.05) is 25.5 Å². The zero-order valence-corrected chi connectivity index (χ0v) is 30.1. The number of fused-ring (bicyclic) bond motifs is 1. The second-order valence-electron chi connectivity index (χ2n) is 13.8. The second kappa shape index (κ2) is 16.1. The smallest absolute Gasteiger partial charge is 0.407 e. The summed E-state index contributed by atoms with van der Waals surface area (Å²) in [7, 11) is 1.27. The lowest BCUT2D eigenvalue weighted by Gasteiger charge is -2.27. The third-order valence-electron chi connectivity index (χ3n) is 9.73. The normalized spacial score (nSPS) is 16.3. The molecule has 1 aliphatic rings. The average molecular weight is 683 g/mol. The van der Waals surface area contributed by atoms with Crippen molar-refractivity contribution in [3.05, 3.63) is 60.8 Å². The highest BCUT2D eigenvalue weighted by atomic mass is 16.5. The lowest BCUT2D eigenvalue weighted by Crippen LogP contribution is -2.53. The number of anilines is 1.